The second kappa shape index (κ2) is 16.3. The first-order valence-electron chi connectivity index (χ1n) is 17.8. The number of nitrogens with one attached hydrogen (secondary N) is 4. The number of nitrogens with zero attached hydrogens (tertiary/aromatic N) is 5. The molecule has 15 nitrogen and oxygen atoms in total. The molecular weight excluding hydrogens is 773 g/mol. The Labute approximate surface area is 325 Å². The Balaban J connectivity index is 0.908. The highest BCUT2D eigenvalue weighted by Crippen LogP contribution is 2.30. The molecule has 2 aliphatic heterocycles. The standard InChI is InChI=1S/C38H32F5N9O6/c39-32(40)31-26(47-33(54)27-18-58-35(48-27)22-11-13-45-29(15-22)46-19-38(41,42)43)17-51(50-31)23-6-3-21(4-7-23)16-44-12-1-2-20-5-8-24-25(14-20)37(57)52(36(24)56)28-9-10-30(53)49-34(28)55/h3-8,11,13-15,17-18,28,32,44H,1-2,9-10,12,16,19H2,(H,45,46)(H,47,54)(H,49,53,55). The van der Waals surface area contributed by atoms with Crippen LogP contribution >= 0.6 is 0 Å². The molecule has 0 saturated carbocycles. The largest absolute Gasteiger partial charge is 0.444 e. The van der Waals surface area contributed by atoms with Crippen molar-refractivity contribution in [3.8, 4) is 17.1 Å². The van der Waals surface area contributed by atoms with Gasteiger partial charge in [0.05, 0.1) is 28.7 Å². The Morgan fingerprint density at radius 1 is 0.983 bits per heavy atom. The molecule has 1 saturated heterocycles. The summed E-state index contributed by atoms with van der Waals surface area (Å²) in [6.07, 6.45) is -2.68. The number of pyridine rings is 1. The van der Waals surface area contributed by atoms with E-state index in [4.69, 9.17) is 4.42 Å². The summed E-state index contributed by atoms with van der Waals surface area (Å²) in [4.78, 5) is 71.6. The van der Waals surface area contributed by atoms with Crippen LogP contribution in [0.2, 0.25) is 0 Å². The highest BCUT2D eigenvalue weighted by Gasteiger charge is 2.44. The van der Waals surface area contributed by atoms with Crippen LogP contribution in [0.5, 0.6) is 0 Å². The van der Waals surface area contributed by atoms with Gasteiger partial charge in [-0.2, -0.15) is 18.3 Å². The van der Waals surface area contributed by atoms with Crippen molar-refractivity contribution in [3.05, 3.63) is 107 Å². The molecule has 1 unspecified atom stereocenters. The maximum atomic E-state index is 14.0. The number of piperidine rings is 1. The van der Waals surface area contributed by atoms with Crippen LogP contribution < -0.4 is 21.3 Å². The normalized spacial score (nSPS) is 15.6. The lowest BCUT2D eigenvalue weighted by Gasteiger charge is -2.27. The number of fused-ring (bicyclic) bond motifs is 1. The van der Waals surface area contributed by atoms with E-state index >= 15 is 0 Å². The molecule has 0 aliphatic carbocycles. The molecule has 300 valence electrons. The van der Waals surface area contributed by atoms with Gasteiger partial charge in [-0.3, -0.25) is 34.2 Å². The lowest BCUT2D eigenvalue weighted by atomic mass is 10.0. The molecule has 4 N–H and O–H groups in total. The van der Waals surface area contributed by atoms with E-state index in [1.807, 2.05) is 0 Å². The number of hydrogen-bond acceptors (Lipinski definition) is 11. The number of aromatic nitrogens is 4. The number of halogens is 5. The van der Waals surface area contributed by atoms with Gasteiger partial charge in [0.15, 0.2) is 11.4 Å². The zero-order chi connectivity index (χ0) is 41.1. The fraction of sp³-hybridized carbons (Fsp3) is 0.263. The summed E-state index contributed by atoms with van der Waals surface area (Å²) < 4.78 is 72.2. The minimum Gasteiger partial charge on any atom is -0.444 e. The number of imide groups is 2. The topological polar surface area (TPSA) is 193 Å². The highest BCUT2D eigenvalue weighted by atomic mass is 19.4. The van der Waals surface area contributed by atoms with E-state index in [1.54, 1.807) is 42.5 Å². The third-order valence-electron chi connectivity index (χ3n) is 9.26. The molecule has 0 radical (unpaired) electrons. The maximum absolute atomic E-state index is 14.0. The van der Waals surface area contributed by atoms with E-state index in [2.05, 4.69) is 36.3 Å². The predicted octanol–water partition coefficient (Wildman–Crippen LogP) is 5.21. The molecule has 3 aromatic heterocycles. The van der Waals surface area contributed by atoms with E-state index in [1.165, 1.54) is 29.2 Å². The van der Waals surface area contributed by atoms with Gasteiger partial charge in [0.25, 0.3) is 24.1 Å². The molecule has 5 amide bonds. The van der Waals surface area contributed by atoms with Crippen molar-refractivity contribution < 1.29 is 50.3 Å². The summed E-state index contributed by atoms with van der Waals surface area (Å²) >= 11 is 0. The second-order valence-electron chi connectivity index (χ2n) is 13.3. The van der Waals surface area contributed by atoms with Crippen LogP contribution in [0, 0.1) is 0 Å². The van der Waals surface area contributed by atoms with Crippen LogP contribution in [0.4, 0.5) is 33.5 Å². The number of anilines is 2. The molecule has 0 spiro atoms. The van der Waals surface area contributed by atoms with Crippen LogP contribution in [0.15, 0.2) is 77.7 Å². The van der Waals surface area contributed by atoms with Crippen LogP contribution in [-0.2, 0) is 22.6 Å². The van der Waals surface area contributed by atoms with E-state index in [0.717, 1.165) is 22.3 Å². The number of alkyl halides is 5. The smallest absolute Gasteiger partial charge is 0.405 e. The van der Waals surface area contributed by atoms with Crippen molar-refractivity contribution in [3.63, 3.8) is 0 Å². The van der Waals surface area contributed by atoms with Gasteiger partial charge < -0.3 is 20.4 Å². The number of rotatable bonds is 14. The summed E-state index contributed by atoms with van der Waals surface area (Å²) in [5.41, 5.74) is 1.56. The third kappa shape index (κ3) is 8.75. The summed E-state index contributed by atoms with van der Waals surface area (Å²) in [5, 5.41) is 14.0. The Morgan fingerprint density at radius 2 is 1.74 bits per heavy atom. The molecule has 5 heterocycles. The Hall–Kier alpha value is -6.83. The molecule has 1 fully saturated rings. The van der Waals surface area contributed by atoms with Crippen molar-refractivity contribution in [1.29, 1.82) is 0 Å². The Morgan fingerprint density at radius 3 is 2.48 bits per heavy atom. The predicted molar refractivity (Wildman–Crippen MR) is 194 cm³/mol. The Kier molecular flexibility index (Phi) is 11.1. The average molecular weight is 806 g/mol. The molecule has 1 atom stereocenters. The van der Waals surface area contributed by atoms with Gasteiger partial charge >= 0.3 is 6.18 Å². The lowest BCUT2D eigenvalue weighted by molar-refractivity contribution is -0.136. The second-order valence-corrected chi connectivity index (χ2v) is 13.3. The van der Waals surface area contributed by atoms with Crippen molar-refractivity contribution >= 4 is 41.0 Å². The fourth-order valence-corrected chi connectivity index (χ4v) is 6.42. The average Bonchev–Trinajstić information content (AvgIpc) is 3.92. The van der Waals surface area contributed by atoms with Gasteiger partial charge in [-0.05, 0) is 73.3 Å². The molecule has 7 rings (SSSR count). The van der Waals surface area contributed by atoms with E-state index in [-0.39, 0.29) is 52.6 Å². The molecule has 2 aliphatic rings. The quantitative estimate of drug-likeness (QED) is 0.0654. The molecule has 0 bridgehead atoms. The van der Waals surface area contributed by atoms with Crippen molar-refractivity contribution in [2.45, 2.75) is 50.9 Å². The van der Waals surface area contributed by atoms with Crippen LogP contribution in [-0.4, -0.2) is 79.5 Å². The lowest BCUT2D eigenvalue weighted by Crippen LogP contribution is -2.54. The number of benzene rings is 2. The first kappa shape index (κ1) is 39.4. The van der Waals surface area contributed by atoms with Gasteiger partial charge in [0.2, 0.25) is 17.7 Å². The number of aryl methyl sites for hydroxylation is 1. The summed E-state index contributed by atoms with van der Waals surface area (Å²) in [5.74, 6) is -3.35. The summed E-state index contributed by atoms with van der Waals surface area (Å²) in [6, 6.07) is 13.5. The number of carbonyl (C=O) groups excluding carboxylic acids is 5. The molecular formula is C38H32F5N9O6. The van der Waals surface area contributed by atoms with Gasteiger partial charge in [-0.15, -0.1) is 0 Å². The molecule has 20 heteroatoms. The van der Waals surface area contributed by atoms with Gasteiger partial charge in [0, 0.05) is 24.7 Å². The number of amides is 5. The molecule has 5 aromatic rings. The SMILES string of the molecule is O=C1CCC(N2C(=O)c3ccc(CCCNCc4ccc(-n5cc(NC(=O)c6coc(-c7ccnc(NCC(F)(F)F)c7)n6)c(C(F)F)n5)cc4)cc3C2=O)C(=O)N1. The van der Waals surface area contributed by atoms with E-state index in [9.17, 15) is 45.9 Å². The van der Waals surface area contributed by atoms with E-state index < -0.39 is 60.4 Å². The summed E-state index contributed by atoms with van der Waals surface area (Å²) in [6.45, 7) is -0.240. The monoisotopic (exact) mass is 805 g/mol. The zero-order valence-corrected chi connectivity index (χ0v) is 30.1. The van der Waals surface area contributed by atoms with Crippen molar-refractivity contribution in [1.82, 2.24) is 35.3 Å². The molecule has 58 heavy (non-hydrogen) atoms. The number of hydrogen-bond donors (Lipinski definition) is 4. The van der Waals surface area contributed by atoms with Crippen molar-refractivity contribution in [2.24, 2.45) is 0 Å². The summed E-state index contributed by atoms with van der Waals surface area (Å²) in [7, 11) is 0. The zero-order valence-electron chi connectivity index (χ0n) is 30.1. The third-order valence-corrected chi connectivity index (χ3v) is 9.26. The Bertz CT molecular complexity index is 2400. The van der Waals surface area contributed by atoms with E-state index in [0.29, 0.717) is 31.6 Å². The number of oxazole rings is 1. The highest BCUT2D eigenvalue weighted by molar-refractivity contribution is 6.23. The van der Waals surface area contributed by atoms with Gasteiger partial charge in [0.1, 0.15) is 24.7 Å². The van der Waals surface area contributed by atoms with Gasteiger partial charge in [-0.1, -0.05) is 18.2 Å². The maximum Gasteiger partial charge on any atom is 0.405 e. The van der Waals surface area contributed by atoms with Crippen LogP contribution in [0.3, 0.4) is 0 Å². The van der Waals surface area contributed by atoms with Crippen LogP contribution in [0.1, 0.15) is 73.7 Å². The minimum atomic E-state index is -4.47. The fourth-order valence-electron chi connectivity index (χ4n) is 6.42. The first-order valence-corrected chi connectivity index (χ1v) is 17.8. The first-order chi connectivity index (χ1) is 27.7. The van der Waals surface area contributed by atoms with Crippen molar-refractivity contribution in [2.75, 3.05) is 23.7 Å². The molecule has 2 aromatic carbocycles. The number of carbonyl (C=O) groups is 5. The van der Waals surface area contributed by atoms with Gasteiger partial charge in [-0.25, -0.2) is 23.4 Å². The minimum absolute atomic E-state index is 0.0384. The van der Waals surface area contributed by atoms with Crippen LogP contribution in [0.25, 0.3) is 17.1 Å².